The van der Waals surface area contributed by atoms with Crippen LogP contribution in [0, 0.1) is 0 Å². The lowest BCUT2D eigenvalue weighted by atomic mass is 10.1. The van der Waals surface area contributed by atoms with Crippen molar-refractivity contribution in [2.24, 2.45) is 0 Å². The summed E-state index contributed by atoms with van der Waals surface area (Å²) in [4.78, 5) is 27.6. The van der Waals surface area contributed by atoms with E-state index in [4.69, 9.17) is 32.7 Å². The summed E-state index contributed by atoms with van der Waals surface area (Å²) in [6.07, 6.45) is 0. The van der Waals surface area contributed by atoms with Crippen LogP contribution in [0.1, 0.15) is 20.0 Å². The van der Waals surface area contributed by atoms with Crippen molar-refractivity contribution in [3.8, 4) is 0 Å². The van der Waals surface area contributed by atoms with Gasteiger partial charge >= 0.3 is 5.97 Å². The Morgan fingerprint density at radius 1 is 1.13 bits per heavy atom. The molecule has 2 aromatic carbocycles. The maximum Gasteiger partial charge on any atom is 0.337 e. The first-order valence-electron chi connectivity index (χ1n) is 9.22. The molecule has 6 nitrogen and oxygen atoms in total. The quantitative estimate of drug-likeness (QED) is 0.544. The van der Waals surface area contributed by atoms with Gasteiger partial charge in [0.1, 0.15) is 4.88 Å². The molecule has 3 aromatic rings. The number of methoxy groups -OCH3 is 1. The normalized spacial score (nSPS) is 14.0. The number of benzene rings is 2. The average Bonchev–Trinajstić information content (AvgIpc) is 3.09. The van der Waals surface area contributed by atoms with Crippen LogP contribution in [-0.2, 0) is 9.47 Å². The molecule has 156 valence electrons. The van der Waals surface area contributed by atoms with E-state index >= 15 is 0 Å². The molecule has 0 aliphatic carbocycles. The molecule has 1 aromatic heterocycles. The minimum Gasteiger partial charge on any atom is -0.465 e. The zero-order chi connectivity index (χ0) is 21.3. The molecular weight excluding hydrogens is 447 g/mol. The first-order valence-corrected chi connectivity index (χ1v) is 10.8. The van der Waals surface area contributed by atoms with Gasteiger partial charge in [-0.25, -0.2) is 4.79 Å². The number of thiophene rings is 1. The SMILES string of the molecule is COC(=O)c1ccc(N2CCOCC2)c(NC(=O)c2sc3cc(Cl)ccc3c2Cl)c1. The number of ether oxygens (including phenoxy) is 2. The first kappa shape index (κ1) is 20.9. The molecular formula is C21H18Cl2N2O4S. The van der Waals surface area contributed by atoms with Crippen LogP contribution >= 0.6 is 34.5 Å². The van der Waals surface area contributed by atoms with E-state index in [0.29, 0.717) is 52.5 Å². The van der Waals surface area contributed by atoms with Gasteiger partial charge in [-0.1, -0.05) is 29.3 Å². The number of morpholine rings is 1. The molecule has 2 heterocycles. The summed E-state index contributed by atoms with van der Waals surface area (Å²) in [5.41, 5.74) is 1.66. The van der Waals surface area contributed by atoms with E-state index in [1.807, 2.05) is 0 Å². The molecule has 0 unspecified atom stereocenters. The van der Waals surface area contributed by atoms with E-state index < -0.39 is 5.97 Å². The van der Waals surface area contributed by atoms with Crippen LogP contribution in [0.2, 0.25) is 10.0 Å². The van der Waals surface area contributed by atoms with E-state index in [-0.39, 0.29) is 5.91 Å². The van der Waals surface area contributed by atoms with Crippen LogP contribution in [0.3, 0.4) is 0 Å². The number of anilines is 2. The number of halogens is 2. The molecule has 1 aliphatic heterocycles. The summed E-state index contributed by atoms with van der Waals surface area (Å²) in [6, 6.07) is 10.4. The zero-order valence-corrected chi connectivity index (χ0v) is 18.4. The predicted molar refractivity (Wildman–Crippen MR) is 121 cm³/mol. The molecule has 30 heavy (non-hydrogen) atoms. The Bertz CT molecular complexity index is 1130. The van der Waals surface area contributed by atoms with Crippen molar-refractivity contribution in [3.63, 3.8) is 0 Å². The van der Waals surface area contributed by atoms with Crippen LogP contribution < -0.4 is 10.2 Å². The predicted octanol–water partition coefficient (Wildman–Crippen LogP) is 5.08. The third-order valence-electron chi connectivity index (χ3n) is 4.82. The van der Waals surface area contributed by atoms with Crippen molar-refractivity contribution in [2.75, 3.05) is 43.6 Å². The molecule has 1 fully saturated rings. The molecule has 0 spiro atoms. The highest BCUT2D eigenvalue weighted by Gasteiger charge is 2.22. The molecule has 1 aliphatic rings. The van der Waals surface area contributed by atoms with Crippen molar-refractivity contribution in [2.45, 2.75) is 0 Å². The maximum absolute atomic E-state index is 13.1. The molecule has 9 heteroatoms. The smallest absolute Gasteiger partial charge is 0.337 e. The molecule has 1 saturated heterocycles. The fraction of sp³-hybridized carbons (Fsp3) is 0.238. The maximum atomic E-state index is 13.1. The Hall–Kier alpha value is -2.32. The van der Waals surface area contributed by atoms with Crippen molar-refractivity contribution in [1.82, 2.24) is 0 Å². The highest BCUT2D eigenvalue weighted by molar-refractivity contribution is 7.21. The largest absolute Gasteiger partial charge is 0.465 e. The molecule has 1 N–H and O–H groups in total. The van der Waals surface area contributed by atoms with E-state index in [1.54, 1.807) is 36.4 Å². The Labute approximate surface area is 187 Å². The number of nitrogens with zero attached hydrogens (tertiary/aromatic N) is 1. The van der Waals surface area contributed by atoms with E-state index in [9.17, 15) is 9.59 Å². The Balaban J connectivity index is 1.70. The molecule has 0 saturated carbocycles. The molecule has 0 atom stereocenters. The van der Waals surface area contributed by atoms with Crippen molar-refractivity contribution >= 4 is 67.9 Å². The monoisotopic (exact) mass is 464 g/mol. The molecule has 1 amide bonds. The third kappa shape index (κ3) is 4.11. The fourth-order valence-electron chi connectivity index (χ4n) is 3.33. The number of carbonyl (C=O) groups is 2. The second-order valence-corrected chi connectivity index (χ2v) is 8.53. The number of hydrogen-bond acceptors (Lipinski definition) is 6. The summed E-state index contributed by atoms with van der Waals surface area (Å²) < 4.78 is 11.1. The molecule has 0 bridgehead atoms. The van der Waals surface area contributed by atoms with Crippen molar-refractivity contribution < 1.29 is 19.1 Å². The molecule has 0 radical (unpaired) electrons. The lowest BCUT2D eigenvalue weighted by molar-refractivity contribution is 0.0600. The Morgan fingerprint density at radius 2 is 1.90 bits per heavy atom. The summed E-state index contributed by atoms with van der Waals surface area (Å²) in [5, 5.41) is 4.65. The lowest BCUT2D eigenvalue weighted by Gasteiger charge is -2.30. The van der Waals surface area contributed by atoms with Gasteiger partial charge < -0.3 is 19.7 Å². The van der Waals surface area contributed by atoms with Crippen LogP contribution in [0.15, 0.2) is 36.4 Å². The Kier molecular flexibility index (Phi) is 6.15. The average molecular weight is 465 g/mol. The minimum atomic E-state index is -0.478. The zero-order valence-electron chi connectivity index (χ0n) is 16.0. The second-order valence-electron chi connectivity index (χ2n) is 6.66. The standard InChI is InChI=1S/C21H18Cl2N2O4S/c1-28-21(27)12-2-5-16(25-6-8-29-9-7-25)15(10-12)24-20(26)19-18(23)14-4-3-13(22)11-17(14)30-19/h2-5,10-11H,6-9H2,1H3,(H,24,26). The highest BCUT2D eigenvalue weighted by Crippen LogP contribution is 2.38. The van der Waals surface area contributed by atoms with E-state index in [0.717, 1.165) is 15.8 Å². The number of carbonyl (C=O) groups excluding carboxylic acids is 2. The van der Waals surface area contributed by atoms with Gasteiger partial charge in [0.15, 0.2) is 0 Å². The van der Waals surface area contributed by atoms with Crippen LogP contribution in [-0.4, -0.2) is 45.3 Å². The van der Waals surface area contributed by atoms with E-state index in [1.165, 1.54) is 18.4 Å². The number of fused-ring (bicyclic) bond motifs is 1. The highest BCUT2D eigenvalue weighted by atomic mass is 35.5. The van der Waals surface area contributed by atoms with Gasteiger partial charge in [-0.3, -0.25) is 4.79 Å². The fourth-order valence-corrected chi connectivity index (χ4v) is 5.01. The van der Waals surface area contributed by atoms with Gasteiger partial charge in [-0.05, 0) is 30.3 Å². The van der Waals surface area contributed by atoms with Crippen LogP contribution in [0.5, 0.6) is 0 Å². The summed E-state index contributed by atoms with van der Waals surface area (Å²) in [7, 11) is 1.32. The summed E-state index contributed by atoms with van der Waals surface area (Å²) in [5.74, 6) is -0.831. The summed E-state index contributed by atoms with van der Waals surface area (Å²) >= 11 is 13.8. The minimum absolute atomic E-state index is 0.346. The van der Waals surface area contributed by atoms with Crippen molar-refractivity contribution in [1.29, 1.82) is 0 Å². The number of nitrogens with one attached hydrogen (secondary N) is 1. The molecule has 4 rings (SSSR count). The number of hydrogen-bond donors (Lipinski definition) is 1. The number of esters is 1. The van der Waals surface area contributed by atoms with E-state index in [2.05, 4.69) is 10.2 Å². The van der Waals surface area contributed by atoms with Gasteiger partial charge in [0.25, 0.3) is 5.91 Å². The number of rotatable bonds is 4. The number of amides is 1. The van der Waals surface area contributed by atoms with Gasteiger partial charge in [-0.15, -0.1) is 11.3 Å². The third-order valence-corrected chi connectivity index (χ3v) is 6.71. The Morgan fingerprint density at radius 3 is 2.63 bits per heavy atom. The van der Waals surface area contributed by atoms with Gasteiger partial charge in [0.2, 0.25) is 0 Å². The second kappa shape index (κ2) is 8.81. The van der Waals surface area contributed by atoms with Gasteiger partial charge in [0, 0.05) is 28.2 Å². The van der Waals surface area contributed by atoms with Crippen LogP contribution in [0.4, 0.5) is 11.4 Å². The van der Waals surface area contributed by atoms with Gasteiger partial charge in [-0.2, -0.15) is 0 Å². The lowest BCUT2D eigenvalue weighted by Crippen LogP contribution is -2.36. The van der Waals surface area contributed by atoms with Gasteiger partial charge in [0.05, 0.1) is 42.3 Å². The van der Waals surface area contributed by atoms with Crippen LogP contribution in [0.25, 0.3) is 10.1 Å². The van der Waals surface area contributed by atoms with Crippen molar-refractivity contribution in [3.05, 3.63) is 56.9 Å². The topological polar surface area (TPSA) is 67.9 Å². The first-order chi connectivity index (χ1) is 14.5. The summed E-state index contributed by atoms with van der Waals surface area (Å²) in [6.45, 7) is 2.55.